The zero-order chi connectivity index (χ0) is 57.6. The molecule has 0 saturated carbocycles. The lowest BCUT2D eigenvalue weighted by atomic mass is 9.93. The maximum atomic E-state index is 15.0. The van der Waals surface area contributed by atoms with Gasteiger partial charge in [-0.25, -0.2) is 4.79 Å². The number of hydrogen-bond acceptors (Lipinski definition) is 16. The first-order valence-corrected chi connectivity index (χ1v) is 27.4. The minimum Gasteiger partial charge on any atom is -0.610 e. The van der Waals surface area contributed by atoms with E-state index in [1.54, 1.807) is 52.8 Å². The molecule has 28 heteroatoms. The van der Waals surface area contributed by atoms with Crippen molar-refractivity contribution in [1.82, 2.24) is 52.4 Å². The summed E-state index contributed by atoms with van der Waals surface area (Å²) in [5.41, 5.74) is 5.35. The molecule has 4 heterocycles. The molecule has 2 unspecified atom stereocenters. The molecule has 2 aromatic rings. The summed E-state index contributed by atoms with van der Waals surface area (Å²) in [5.74, 6) is -11.4. The highest BCUT2D eigenvalue weighted by molar-refractivity contribution is 7.91. The van der Waals surface area contributed by atoms with Crippen LogP contribution in [0.25, 0.3) is 10.9 Å². The molecule has 1 aromatic heterocycles. The lowest BCUT2D eigenvalue weighted by molar-refractivity contribution is -0.144. The van der Waals surface area contributed by atoms with Crippen LogP contribution in [0.4, 0.5) is 4.79 Å². The molecular formula is C50H75N11O16S. The molecular weight excluding hydrogens is 1040 g/mol. The average molecular weight is 1120 g/mol. The van der Waals surface area contributed by atoms with E-state index in [1.165, 1.54) is 6.92 Å². The minimum absolute atomic E-state index is 0.123. The third-order valence-electron chi connectivity index (χ3n) is 13.5. The van der Waals surface area contributed by atoms with Crippen molar-refractivity contribution in [2.75, 3.05) is 45.1 Å². The highest BCUT2D eigenvalue weighted by Gasteiger charge is 2.45. The van der Waals surface area contributed by atoms with E-state index >= 15 is 0 Å². The van der Waals surface area contributed by atoms with Gasteiger partial charge in [0, 0.05) is 60.0 Å². The Balaban J connectivity index is 1.62. The van der Waals surface area contributed by atoms with Gasteiger partial charge in [-0.2, -0.15) is 0 Å². The zero-order valence-corrected chi connectivity index (χ0v) is 45.5. The number of hydrogen-bond donors (Lipinski definition) is 13. The van der Waals surface area contributed by atoms with Crippen molar-refractivity contribution in [2.45, 2.75) is 152 Å². The van der Waals surface area contributed by atoms with Gasteiger partial charge in [0.2, 0.25) is 58.2 Å². The molecule has 0 spiro atoms. The number of nitrogens with two attached hydrogens (primary N) is 1. The molecule has 432 valence electrons. The second-order valence-electron chi connectivity index (χ2n) is 20.8. The monoisotopic (exact) mass is 1120 g/mol. The molecule has 5 rings (SSSR count). The predicted molar refractivity (Wildman–Crippen MR) is 279 cm³/mol. The first-order chi connectivity index (χ1) is 36.8. The Bertz CT molecular complexity index is 2520. The van der Waals surface area contributed by atoms with Gasteiger partial charge in [-0.3, -0.25) is 43.2 Å². The first-order valence-electron chi connectivity index (χ1n) is 26.0. The number of rotatable bonds is 15. The number of aromatic amines is 1. The van der Waals surface area contributed by atoms with Crippen LogP contribution >= 0.6 is 0 Å². The zero-order valence-electron chi connectivity index (χ0n) is 44.7. The van der Waals surface area contributed by atoms with Gasteiger partial charge in [-0.05, 0) is 51.7 Å². The largest absolute Gasteiger partial charge is 0.610 e. The number of unbranched alkanes of at least 4 members (excludes halogenated alkanes) is 3. The fourth-order valence-electron chi connectivity index (χ4n) is 9.06. The summed E-state index contributed by atoms with van der Waals surface area (Å²) >= 11 is -2.39. The fraction of sp³-hybridized carbons (Fsp3) is 0.640. The van der Waals surface area contributed by atoms with Gasteiger partial charge in [0.25, 0.3) is 0 Å². The van der Waals surface area contributed by atoms with E-state index in [4.69, 9.17) is 15.2 Å². The molecule has 0 aliphatic carbocycles. The molecule has 11 atom stereocenters. The number of benzene rings is 1. The summed E-state index contributed by atoms with van der Waals surface area (Å²) in [7, 11) is 0. The van der Waals surface area contributed by atoms with Gasteiger partial charge >= 0.3 is 6.09 Å². The number of amides is 10. The Kier molecular flexibility index (Phi) is 22.5. The van der Waals surface area contributed by atoms with Gasteiger partial charge in [-0.1, -0.05) is 40.0 Å². The summed E-state index contributed by atoms with van der Waals surface area (Å²) in [5, 5.41) is 52.0. The quantitative estimate of drug-likeness (QED) is 0.0618. The van der Waals surface area contributed by atoms with Crippen molar-refractivity contribution in [3.05, 3.63) is 23.8 Å². The maximum absolute atomic E-state index is 15.0. The van der Waals surface area contributed by atoms with Gasteiger partial charge in [-0.15, -0.1) is 0 Å². The van der Waals surface area contributed by atoms with Crippen LogP contribution in [0.15, 0.2) is 23.2 Å². The van der Waals surface area contributed by atoms with Crippen molar-refractivity contribution in [2.24, 2.45) is 17.6 Å². The molecule has 3 aliphatic rings. The van der Waals surface area contributed by atoms with Gasteiger partial charge in [0.05, 0.1) is 50.4 Å². The van der Waals surface area contributed by atoms with Gasteiger partial charge in [0.15, 0.2) is 6.04 Å². The van der Waals surface area contributed by atoms with E-state index in [0.717, 1.165) is 17.7 Å². The highest BCUT2D eigenvalue weighted by atomic mass is 32.2. The van der Waals surface area contributed by atoms with Crippen LogP contribution in [-0.2, 0) is 65.5 Å². The predicted octanol–water partition coefficient (Wildman–Crippen LogP) is -3.16. The Morgan fingerprint density at radius 3 is 2.22 bits per heavy atom. The second-order valence-corrected chi connectivity index (χ2v) is 22.3. The van der Waals surface area contributed by atoms with Crippen LogP contribution in [-0.4, -0.2) is 188 Å². The van der Waals surface area contributed by atoms with E-state index in [1.807, 2.05) is 0 Å². The van der Waals surface area contributed by atoms with Gasteiger partial charge < -0.3 is 87.5 Å². The van der Waals surface area contributed by atoms with Crippen LogP contribution in [0.5, 0.6) is 5.75 Å². The van der Waals surface area contributed by atoms with Crippen molar-refractivity contribution < 1.29 is 77.3 Å². The second kappa shape index (κ2) is 28.2. The van der Waals surface area contributed by atoms with E-state index in [2.05, 4.69) is 47.5 Å². The number of H-pyrrole nitrogens is 1. The Labute approximate surface area is 453 Å². The Hall–Kier alpha value is -6.75. The third-order valence-corrected chi connectivity index (χ3v) is 15.0. The number of carbonyl (C=O) groups is 10. The summed E-state index contributed by atoms with van der Waals surface area (Å²) in [6, 6.07) is -5.23. The number of nitrogens with zero attached hydrogens (tertiary/aromatic N) is 1. The van der Waals surface area contributed by atoms with Crippen molar-refractivity contribution in [3.63, 3.8) is 0 Å². The molecule has 2 bridgehead atoms. The lowest BCUT2D eigenvalue weighted by Crippen LogP contribution is -2.62. The molecule has 1 aromatic carbocycles. The molecule has 1 saturated heterocycles. The maximum Gasteiger partial charge on any atom is 0.407 e. The number of aliphatic hydroxyl groups excluding tert-OH is 3. The molecule has 27 nitrogen and oxygen atoms in total. The van der Waals surface area contributed by atoms with Crippen LogP contribution in [0, 0.1) is 11.8 Å². The Morgan fingerprint density at radius 2 is 1.55 bits per heavy atom. The topological polar surface area (TPSA) is 414 Å². The number of aromatic nitrogens is 1. The molecule has 14 N–H and O–H groups in total. The minimum atomic E-state index is -2.39. The van der Waals surface area contributed by atoms with Crippen molar-refractivity contribution in [1.29, 1.82) is 0 Å². The summed E-state index contributed by atoms with van der Waals surface area (Å²) < 4.78 is 26.3. The number of alkyl carbamates (subject to hydrolysis) is 1. The summed E-state index contributed by atoms with van der Waals surface area (Å²) in [6.07, 6.45) is -2.11. The lowest BCUT2D eigenvalue weighted by Gasteiger charge is -2.32. The molecule has 1 fully saturated rings. The van der Waals surface area contributed by atoms with Crippen LogP contribution in [0.2, 0.25) is 0 Å². The summed E-state index contributed by atoms with van der Waals surface area (Å²) in [4.78, 5) is 142. The van der Waals surface area contributed by atoms with Crippen LogP contribution in [0.3, 0.4) is 0 Å². The number of ether oxygens (including phenoxy) is 2. The SMILES string of the molecule is CC[C@H](C)[C@@H]1NC(=O)CNC(=O)[C@H]2Cc3c([nH]c4cc(OCCCCCCNC(=O)OC(C)(C)C)ccc34)[S@+]([O-])CC(NC(=O)CNC1=O)C(=O)N[C@@H](CC(N)=O)C(=O)N1CC(O)C[C@H]1C(=O)N[C@@H]([C@@H](C)[C@@H](O)CO)C(=O)N2. The fourth-order valence-corrected chi connectivity index (χ4v) is 10.5. The van der Waals surface area contributed by atoms with E-state index in [-0.39, 0.29) is 17.2 Å². The molecule has 78 heavy (non-hydrogen) atoms. The third kappa shape index (κ3) is 17.4. The van der Waals surface area contributed by atoms with E-state index < -0.39 is 188 Å². The number of fused-ring (bicyclic) bond motifs is 5. The smallest absolute Gasteiger partial charge is 0.407 e. The highest BCUT2D eigenvalue weighted by Crippen LogP contribution is 2.32. The van der Waals surface area contributed by atoms with Crippen molar-refractivity contribution in [3.8, 4) is 5.75 Å². The molecule has 0 radical (unpaired) electrons. The Morgan fingerprint density at radius 1 is 0.872 bits per heavy atom. The number of aliphatic hydroxyl groups is 3. The molecule has 3 aliphatic heterocycles. The average Bonchev–Trinajstić information content (AvgIpc) is 3.97. The molecule has 10 amide bonds. The van der Waals surface area contributed by atoms with E-state index in [0.29, 0.717) is 42.5 Å². The van der Waals surface area contributed by atoms with E-state index in [9.17, 15) is 67.8 Å². The number of primary amides is 1. The first kappa shape index (κ1) is 62.1. The number of carbonyl (C=O) groups excluding carboxylic acids is 10. The van der Waals surface area contributed by atoms with Crippen molar-refractivity contribution >= 4 is 81.3 Å². The van der Waals surface area contributed by atoms with Crippen LogP contribution in [0.1, 0.15) is 92.1 Å². The normalized spacial score (nSPS) is 25.6. The summed E-state index contributed by atoms with van der Waals surface area (Å²) in [6.45, 7) is 7.77. The van der Waals surface area contributed by atoms with Crippen LogP contribution < -0.4 is 53.0 Å². The van der Waals surface area contributed by atoms with Gasteiger partial charge in [0.1, 0.15) is 47.3 Å². The number of nitrogens with one attached hydrogen (secondary N) is 9. The standard InChI is InChI=1S/C50H75N11O16S/c1-7-25(2)40-45(71)54-20-38(66)55-34-24-78(75)47-30(29-13-12-28(17-31(29)58-47)76-15-11-9-8-10-14-52-49(74)77-50(4,5)6)18-32(42(68)53-21-39(67)59-40)56-46(72)41(26(3)36(64)23-62)60-44(70)35-16-27(63)22-61(35)48(73)33(19-37(51)65)57-43(34)69/h12-13,17,25-27,32-36,40-41,58,62-64H,7-11,14-16,18-24H2,1-6H3,(H2,51,65)(H,52,74)(H,53,68)(H,54,71)(H,55,66)(H,56,72)(H,57,69)(H,59,67)(H,60,70)/t25-,26-,27?,32+,33-,34?,35-,36-,40-,41-,78+/m0/s1.